The summed E-state index contributed by atoms with van der Waals surface area (Å²) in [5.41, 5.74) is 5.84. The largest absolute Gasteiger partial charge is 0.398 e. The summed E-state index contributed by atoms with van der Waals surface area (Å²) in [4.78, 5) is 2.05. The van der Waals surface area contributed by atoms with E-state index < -0.39 is 25.7 Å². The molecule has 0 saturated carbocycles. The second-order valence-corrected chi connectivity index (χ2v) is 9.31. The summed E-state index contributed by atoms with van der Waals surface area (Å²) in [6, 6.07) is 5.14. The average molecular weight is 379 g/mol. The number of anilines is 2. The van der Waals surface area contributed by atoms with Crippen LogP contribution < -0.4 is 20.1 Å². The van der Waals surface area contributed by atoms with Crippen LogP contribution >= 0.6 is 0 Å². The Labute approximate surface area is 144 Å². The van der Waals surface area contributed by atoms with Gasteiger partial charge in [-0.1, -0.05) is 0 Å². The van der Waals surface area contributed by atoms with Crippen molar-refractivity contribution in [2.45, 2.75) is 26.4 Å². The molecular weight excluding hydrogens is 352 g/mol. The third kappa shape index (κ3) is 5.62. The fourth-order valence-corrected chi connectivity index (χ4v) is 4.50. The summed E-state index contributed by atoms with van der Waals surface area (Å²) in [6.45, 7) is 6.89. The van der Waals surface area contributed by atoms with Gasteiger partial charge in [-0.3, -0.25) is 0 Å². The number of sulfonamides is 2. The van der Waals surface area contributed by atoms with Gasteiger partial charge in [0.2, 0.25) is 20.0 Å². The number of nitrogens with two attached hydrogens (primary N) is 1. The molecule has 0 radical (unpaired) electrons. The summed E-state index contributed by atoms with van der Waals surface area (Å²) in [5, 5.41) is 0. The number of nitrogens with zero attached hydrogens (tertiary/aromatic N) is 1. The van der Waals surface area contributed by atoms with E-state index in [1.54, 1.807) is 12.1 Å². The van der Waals surface area contributed by atoms with E-state index in [1.165, 1.54) is 6.92 Å². The van der Waals surface area contributed by atoms with Gasteiger partial charge in [0.15, 0.2) is 0 Å². The van der Waals surface area contributed by atoms with Gasteiger partial charge < -0.3 is 10.6 Å². The average Bonchev–Trinajstić information content (AvgIpc) is 2.37. The third-order valence-corrected chi connectivity index (χ3v) is 5.04. The van der Waals surface area contributed by atoms with Gasteiger partial charge in [-0.15, -0.1) is 0 Å². The third-order valence-electron chi connectivity index (χ3n) is 3.48. The van der Waals surface area contributed by atoms with Crippen LogP contribution in [0.1, 0.15) is 26.3 Å². The van der Waals surface area contributed by atoms with E-state index in [-0.39, 0.29) is 5.69 Å². The van der Waals surface area contributed by atoms with E-state index in [1.807, 2.05) is 24.8 Å². The summed E-state index contributed by atoms with van der Waals surface area (Å²) >= 11 is 0. The summed E-state index contributed by atoms with van der Waals surface area (Å²) in [5.74, 6) is 0. The van der Waals surface area contributed by atoms with Crippen LogP contribution in [0.2, 0.25) is 0 Å². The molecule has 10 heteroatoms. The summed E-state index contributed by atoms with van der Waals surface area (Å²) in [7, 11) is -7.42. The molecule has 0 saturated heterocycles. The lowest BCUT2D eigenvalue weighted by molar-refractivity contribution is 0.403. The lowest BCUT2D eigenvalue weighted by Gasteiger charge is -2.33. The normalized spacial score (nSPS) is 13.0. The van der Waals surface area contributed by atoms with Crippen LogP contribution in [0.25, 0.3) is 0 Å². The number of rotatable bonds is 8. The van der Waals surface area contributed by atoms with E-state index in [2.05, 4.69) is 9.44 Å². The molecule has 24 heavy (non-hydrogen) atoms. The number of benzene rings is 1. The Hall–Kier alpha value is -1.36. The van der Waals surface area contributed by atoms with Crippen molar-refractivity contribution in [3.05, 3.63) is 23.8 Å². The van der Waals surface area contributed by atoms with Crippen molar-refractivity contribution < 1.29 is 16.8 Å². The van der Waals surface area contributed by atoms with Crippen molar-refractivity contribution in [3.63, 3.8) is 0 Å². The Morgan fingerprint density at radius 1 is 1.04 bits per heavy atom. The van der Waals surface area contributed by atoms with E-state index in [0.29, 0.717) is 5.56 Å². The predicted octanol–water partition coefficient (Wildman–Crippen LogP) is 0.386. The van der Waals surface area contributed by atoms with Crippen LogP contribution in [0.5, 0.6) is 0 Å². The minimum Gasteiger partial charge on any atom is -0.398 e. The molecule has 8 nitrogen and oxygen atoms in total. The second kappa shape index (κ2) is 7.26. The minimum absolute atomic E-state index is 0.278. The lowest BCUT2D eigenvalue weighted by Crippen LogP contribution is -2.55. The van der Waals surface area contributed by atoms with Gasteiger partial charge in [0, 0.05) is 30.0 Å². The predicted molar refractivity (Wildman–Crippen MR) is 97.7 cm³/mol. The van der Waals surface area contributed by atoms with E-state index in [0.717, 1.165) is 31.3 Å². The summed E-state index contributed by atoms with van der Waals surface area (Å²) < 4.78 is 51.7. The number of nitrogens with one attached hydrogen (secondary N) is 2. The molecular formula is C14H26N4O4S2. The Bertz CT molecular complexity index is 753. The maximum absolute atomic E-state index is 11.8. The zero-order chi connectivity index (χ0) is 18.8. The topological polar surface area (TPSA) is 122 Å². The number of nitrogen functional groups attached to an aromatic ring is 1. The molecule has 138 valence electrons. The van der Waals surface area contributed by atoms with Crippen LogP contribution in [0.4, 0.5) is 11.4 Å². The van der Waals surface area contributed by atoms with E-state index in [9.17, 15) is 16.8 Å². The minimum atomic E-state index is -3.71. The molecule has 0 bridgehead atoms. The van der Waals surface area contributed by atoms with Crippen LogP contribution in [-0.4, -0.2) is 42.4 Å². The molecule has 1 rings (SSSR count). The maximum atomic E-state index is 11.8. The highest BCUT2D eigenvalue weighted by Crippen LogP contribution is 2.30. The first-order valence-electron chi connectivity index (χ1n) is 7.44. The van der Waals surface area contributed by atoms with E-state index in [4.69, 9.17) is 5.73 Å². The molecule has 0 fully saturated rings. The molecule has 0 aromatic heterocycles. The first kappa shape index (κ1) is 20.7. The molecule has 0 spiro atoms. The van der Waals surface area contributed by atoms with Crippen molar-refractivity contribution in [3.8, 4) is 0 Å². The Kier molecular flexibility index (Phi) is 6.26. The highest BCUT2D eigenvalue weighted by Gasteiger charge is 2.35. The van der Waals surface area contributed by atoms with E-state index >= 15 is 0 Å². The Morgan fingerprint density at radius 2 is 1.50 bits per heavy atom. The molecule has 0 aliphatic rings. The molecule has 0 unspecified atom stereocenters. The van der Waals surface area contributed by atoms with Crippen molar-refractivity contribution in [1.29, 1.82) is 0 Å². The molecule has 1 aromatic rings. The van der Waals surface area contributed by atoms with Gasteiger partial charge in [-0.05, 0) is 39.0 Å². The Balaban J connectivity index is 3.55. The van der Waals surface area contributed by atoms with Crippen molar-refractivity contribution >= 4 is 31.4 Å². The molecule has 0 atom stereocenters. The summed E-state index contributed by atoms with van der Waals surface area (Å²) in [6.07, 6.45) is 1.92. The smallest absolute Gasteiger partial charge is 0.210 e. The number of hydrogen-bond acceptors (Lipinski definition) is 6. The fourth-order valence-electron chi connectivity index (χ4n) is 2.64. The zero-order valence-electron chi connectivity index (χ0n) is 14.6. The monoisotopic (exact) mass is 378 g/mol. The second-order valence-electron chi connectivity index (χ2n) is 5.82. The molecule has 0 aliphatic heterocycles. The maximum Gasteiger partial charge on any atom is 0.210 e. The Morgan fingerprint density at radius 3 is 1.88 bits per heavy atom. The number of hydrogen-bond donors (Lipinski definition) is 3. The lowest BCUT2D eigenvalue weighted by atomic mass is 10.00. The van der Waals surface area contributed by atoms with Gasteiger partial charge in [-0.2, -0.15) is 9.44 Å². The van der Waals surface area contributed by atoms with Gasteiger partial charge in [-0.25, -0.2) is 16.8 Å². The van der Waals surface area contributed by atoms with Crippen LogP contribution in [0.15, 0.2) is 18.2 Å². The van der Waals surface area contributed by atoms with Gasteiger partial charge in [0.25, 0.3) is 0 Å². The molecule has 0 heterocycles. The van der Waals surface area contributed by atoms with Crippen molar-refractivity contribution in [2.75, 3.05) is 36.2 Å². The fraction of sp³-hybridized carbons (Fsp3) is 0.571. The quantitative estimate of drug-likeness (QED) is 0.444. The molecule has 4 N–H and O–H groups in total. The van der Waals surface area contributed by atoms with Crippen LogP contribution in [0.3, 0.4) is 0 Å². The zero-order valence-corrected chi connectivity index (χ0v) is 16.3. The van der Waals surface area contributed by atoms with Gasteiger partial charge >= 0.3 is 0 Å². The standard InChI is InChI=1S/C14H26N4O4S2/c1-6-18(7-2)11-8-9-13(15)12(10-11)14(3,16-23(4,19)20)17-24(5,21)22/h8-10,16-17H,6-7,15H2,1-5H3. The van der Waals surface area contributed by atoms with Crippen molar-refractivity contribution in [2.24, 2.45) is 0 Å². The molecule has 1 aromatic carbocycles. The highest BCUT2D eigenvalue weighted by molar-refractivity contribution is 7.89. The molecule has 0 amide bonds. The highest BCUT2D eigenvalue weighted by atomic mass is 32.2. The first-order valence-corrected chi connectivity index (χ1v) is 11.2. The van der Waals surface area contributed by atoms with Crippen LogP contribution in [-0.2, 0) is 25.7 Å². The first-order chi connectivity index (χ1) is 10.8. The molecule has 0 aliphatic carbocycles. The van der Waals surface area contributed by atoms with Crippen molar-refractivity contribution in [1.82, 2.24) is 9.44 Å². The van der Waals surface area contributed by atoms with Gasteiger partial charge in [0.05, 0.1) is 12.5 Å². The van der Waals surface area contributed by atoms with Crippen LogP contribution in [0, 0.1) is 0 Å². The SMILES string of the molecule is CCN(CC)c1ccc(N)c(C(C)(NS(C)(=O)=O)NS(C)(=O)=O)c1. The van der Waals surface area contributed by atoms with Gasteiger partial charge in [0.1, 0.15) is 5.66 Å².